The van der Waals surface area contributed by atoms with E-state index >= 15 is 0 Å². The Labute approximate surface area is 165 Å². The van der Waals surface area contributed by atoms with Crippen molar-refractivity contribution in [2.24, 2.45) is 5.41 Å². The van der Waals surface area contributed by atoms with Crippen LogP contribution in [-0.2, 0) is 4.79 Å². The first kappa shape index (κ1) is 18.4. The first-order chi connectivity index (χ1) is 12.5. The van der Waals surface area contributed by atoms with Crippen LogP contribution in [0.4, 0.5) is 5.69 Å². The summed E-state index contributed by atoms with van der Waals surface area (Å²) in [5.74, 6) is 0.298. The van der Waals surface area contributed by atoms with Gasteiger partial charge in [-0.1, -0.05) is 29.3 Å². The maximum Gasteiger partial charge on any atom is 0.230 e. The molecule has 1 aromatic rings. The van der Waals surface area contributed by atoms with Crippen molar-refractivity contribution in [1.82, 2.24) is 4.90 Å². The van der Waals surface area contributed by atoms with Gasteiger partial charge in [0.1, 0.15) is 0 Å². The summed E-state index contributed by atoms with van der Waals surface area (Å²) in [4.78, 5) is 17.7. The molecule has 26 heavy (non-hydrogen) atoms. The number of aliphatic hydroxyl groups is 1. The van der Waals surface area contributed by atoms with Gasteiger partial charge >= 0.3 is 0 Å². The number of amides is 1. The number of aliphatic hydroxyl groups excluding tert-OH is 1. The fourth-order valence-corrected chi connectivity index (χ4v) is 5.69. The summed E-state index contributed by atoms with van der Waals surface area (Å²) in [7, 11) is 0. The fourth-order valence-electron chi connectivity index (χ4n) is 5.06. The average Bonchev–Trinajstić information content (AvgIpc) is 2.92. The molecule has 0 aromatic heterocycles. The maximum absolute atomic E-state index is 13.4. The Morgan fingerprint density at radius 2 is 1.73 bits per heavy atom. The van der Waals surface area contributed by atoms with Gasteiger partial charge in [0.25, 0.3) is 0 Å². The van der Waals surface area contributed by atoms with Gasteiger partial charge in [-0.05, 0) is 57.1 Å². The third-order valence-electron chi connectivity index (χ3n) is 6.48. The highest BCUT2D eigenvalue weighted by Crippen LogP contribution is 2.45. The second kappa shape index (κ2) is 7.21. The Hall–Kier alpha value is -0.970. The van der Waals surface area contributed by atoms with Crippen LogP contribution in [0.5, 0.6) is 0 Å². The minimum Gasteiger partial charge on any atom is -0.393 e. The van der Waals surface area contributed by atoms with Gasteiger partial charge in [0, 0.05) is 25.7 Å². The van der Waals surface area contributed by atoms with Crippen LogP contribution in [0, 0.1) is 5.41 Å². The molecular formula is C20H26Cl2N2O2. The number of rotatable bonds is 2. The number of hydrogen-bond donors (Lipinski definition) is 1. The van der Waals surface area contributed by atoms with Crippen LogP contribution < -0.4 is 4.90 Å². The molecule has 0 bridgehead atoms. The van der Waals surface area contributed by atoms with E-state index in [0.717, 1.165) is 63.7 Å². The van der Waals surface area contributed by atoms with Gasteiger partial charge in [0.05, 0.1) is 27.3 Å². The molecule has 2 aliphatic heterocycles. The monoisotopic (exact) mass is 396 g/mol. The molecule has 3 aliphatic rings. The standard InChI is InChI=1S/C20H26Cl2N2O2/c21-16-3-1-4-17(22)18(16)23-11-2-9-20(13-23)10-12-24(19(20)26)14-5-7-15(25)8-6-14/h1,3-4,14-15,25H,2,5-13H2/t14-,15-,20?. The van der Waals surface area contributed by atoms with E-state index in [9.17, 15) is 9.90 Å². The van der Waals surface area contributed by atoms with Crippen LogP contribution >= 0.6 is 23.2 Å². The first-order valence-electron chi connectivity index (χ1n) is 9.68. The van der Waals surface area contributed by atoms with Crippen molar-refractivity contribution < 1.29 is 9.90 Å². The number of benzene rings is 1. The van der Waals surface area contributed by atoms with Crippen LogP contribution in [0.25, 0.3) is 0 Å². The lowest BCUT2D eigenvalue weighted by Crippen LogP contribution is -2.50. The minimum absolute atomic E-state index is 0.189. The summed E-state index contributed by atoms with van der Waals surface area (Å²) in [6, 6.07) is 5.87. The number of hydrogen-bond acceptors (Lipinski definition) is 3. The SMILES string of the molecule is O=C1N([C@H]2CC[C@H](O)CC2)CCC12CCCN(c1c(Cl)cccc1Cl)C2. The number of halogens is 2. The molecule has 0 radical (unpaired) electrons. The molecule has 1 aliphatic carbocycles. The molecule has 2 heterocycles. The third kappa shape index (κ3) is 3.21. The van der Waals surface area contributed by atoms with Crippen LogP contribution in [0.2, 0.25) is 10.0 Å². The predicted octanol–water partition coefficient (Wildman–Crippen LogP) is 4.12. The second-order valence-corrected chi connectivity index (χ2v) is 8.90. The van der Waals surface area contributed by atoms with Gasteiger partial charge in [0.15, 0.2) is 0 Å². The second-order valence-electron chi connectivity index (χ2n) is 8.09. The van der Waals surface area contributed by atoms with E-state index in [0.29, 0.717) is 28.5 Å². The number of piperidine rings is 1. The smallest absolute Gasteiger partial charge is 0.230 e. The number of para-hydroxylation sites is 1. The normalized spacial score (nSPS) is 32.5. The summed E-state index contributed by atoms with van der Waals surface area (Å²) in [6.45, 7) is 2.42. The molecular weight excluding hydrogens is 371 g/mol. The zero-order valence-corrected chi connectivity index (χ0v) is 16.5. The van der Waals surface area contributed by atoms with Gasteiger partial charge < -0.3 is 14.9 Å². The lowest BCUT2D eigenvalue weighted by molar-refractivity contribution is -0.139. The molecule has 1 N–H and O–H groups in total. The lowest BCUT2D eigenvalue weighted by Gasteiger charge is -2.42. The van der Waals surface area contributed by atoms with Crippen molar-refractivity contribution in [3.63, 3.8) is 0 Å². The maximum atomic E-state index is 13.4. The van der Waals surface area contributed by atoms with Crippen LogP contribution in [0.1, 0.15) is 44.9 Å². The van der Waals surface area contributed by atoms with Crippen molar-refractivity contribution in [3.8, 4) is 0 Å². The lowest BCUT2D eigenvalue weighted by atomic mass is 9.78. The number of likely N-dealkylation sites (tertiary alicyclic amines) is 1. The Balaban J connectivity index is 1.53. The van der Waals surface area contributed by atoms with Crippen molar-refractivity contribution in [1.29, 1.82) is 0 Å². The van der Waals surface area contributed by atoms with Crippen molar-refractivity contribution >= 4 is 34.8 Å². The number of anilines is 1. The predicted molar refractivity (Wildman–Crippen MR) is 105 cm³/mol. The minimum atomic E-state index is -0.309. The molecule has 1 aromatic carbocycles. The van der Waals surface area contributed by atoms with Crippen molar-refractivity contribution in [3.05, 3.63) is 28.2 Å². The van der Waals surface area contributed by atoms with Crippen molar-refractivity contribution in [2.45, 2.75) is 57.1 Å². The van der Waals surface area contributed by atoms with E-state index < -0.39 is 0 Å². The van der Waals surface area contributed by atoms with Crippen LogP contribution in [-0.4, -0.2) is 47.7 Å². The van der Waals surface area contributed by atoms with Crippen LogP contribution in [0.3, 0.4) is 0 Å². The third-order valence-corrected chi connectivity index (χ3v) is 7.09. The number of carbonyl (C=O) groups is 1. The Morgan fingerprint density at radius 3 is 2.42 bits per heavy atom. The van der Waals surface area contributed by atoms with E-state index in [1.54, 1.807) is 0 Å². The average molecular weight is 397 g/mol. The Morgan fingerprint density at radius 1 is 1.04 bits per heavy atom. The van der Waals surface area contributed by atoms with E-state index in [4.69, 9.17) is 23.2 Å². The largest absolute Gasteiger partial charge is 0.393 e. The molecule has 1 unspecified atom stereocenters. The molecule has 6 heteroatoms. The Bertz CT molecular complexity index is 670. The molecule has 4 rings (SSSR count). The van der Waals surface area contributed by atoms with E-state index in [2.05, 4.69) is 9.80 Å². The van der Waals surface area contributed by atoms with Gasteiger partial charge in [-0.3, -0.25) is 4.79 Å². The zero-order chi connectivity index (χ0) is 18.3. The highest BCUT2D eigenvalue weighted by Gasteiger charge is 2.50. The summed E-state index contributed by atoms with van der Waals surface area (Å²) < 4.78 is 0. The molecule has 2 saturated heterocycles. The van der Waals surface area contributed by atoms with Crippen molar-refractivity contribution in [2.75, 3.05) is 24.5 Å². The molecule has 4 nitrogen and oxygen atoms in total. The molecule has 1 saturated carbocycles. The van der Waals surface area contributed by atoms with Gasteiger partial charge in [-0.2, -0.15) is 0 Å². The van der Waals surface area contributed by atoms with Gasteiger partial charge in [0.2, 0.25) is 5.91 Å². The summed E-state index contributed by atoms with van der Waals surface area (Å²) in [5.41, 5.74) is 0.554. The zero-order valence-electron chi connectivity index (χ0n) is 15.0. The summed E-state index contributed by atoms with van der Waals surface area (Å²) in [6.07, 6.45) is 6.09. The highest BCUT2D eigenvalue weighted by molar-refractivity contribution is 6.39. The molecule has 142 valence electrons. The van der Waals surface area contributed by atoms with E-state index in [1.807, 2.05) is 18.2 Å². The molecule has 1 atom stereocenters. The fraction of sp³-hybridized carbons (Fsp3) is 0.650. The molecule has 3 fully saturated rings. The number of carbonyl (C=O) groups excluding carboxylic acids is 1. The summed E-state index contributed by atoms with van der Waals surface area (Å²) in [5, 5.41) is 11.1. The van der Waals surface area contributed by atoms with Gasteiger partial charge in [-0.25, -0.2) is 0 Å². The van der Waals surface area contributed by atoms with E-state index in [1.165, 1.54) is 0 Å². The summed E-state index contributed by atoms with van der Waals surface area (Å²) >= 11 is 12.8. The molecule has 1 amide bonds. The topological polar surface area (TPSA) is 43.8 Å². The van der Waals surface area contributed by atoms with E-state index in [-0.39, 0.29) is 11.5 Å². The highest BCUT2D eigenvalue weighted by atomic mass is 35.5. The quantitative estimate of drug-likeness (QED) is 0.817. The number of nitrogens with zero attached hydrogens (tertiary/aromatic N) is 2. The van der Waals surface area contributed by atoms with Crippen LogP contribution in [0.15, 0.2) is 18.2 Å². The Kier molecular flexibility index (Phi) is 5.10. The molecule has 1 spiro atoms. The first-order valence-corrected chi connectivity index (χ1v) is 10.4. The van der Waals surface area contributed by atoms with Gasteiger partial charge in [-0.15, -0.1) is 0 Å².